The van der Waals surface area contributed by atoms with Crippen LogP contribution in [0.25, 0.3) is 22.3 Å². The van der Waals surface area contributed by atoms with Crippen molar-refractivity contribution in [1.29, 1.82) is 0 Å². The third-order valence-electron chi connectivity index (χ3n) is 9.12. The van der Waals surface area contributed by atoms with Gasteiger partial charge >= 0.3 is 6.09 Å². The van der Waals surface area contributed by atoms with Gasteiger partial charge in [0, 0.05) is 38.4 Å². The number of carbonyl (C=O) groups is 3. The molecule has 0 radical (unpaired) electrons. The number of hydrogen-bond donors (Lipinski definition) is 4. The number of amides is 3. The summed E-state index contributed by atoms with van der Waals surface area (Å²) in [4.78, 5) is 57.8. The van der Waals surface area contributed by atoms with Crippen LogP contribution in [-0.4, -0.2) is 107 Å². The fourth-order valence-corrected chi connectivity index (χ4v) is 6.63. The first-order valence-corrected chi connectivity index (χ1v) is 16.7. The minimum Gasteiger partial charge on any atom is -0.453 e. The fraction of sp³-hybridized carbons (Fsp3) is 0.417. The smallest absolute Gasteiger partial charge is 0.407 e. The van der Waals surface area contributed by atoms with Crippen molar-refractivity contribution in [2.75, 3.05) is 47.6 Å². The molecular weight excluding hydrogens is 640 g/mol. The summed E-state index contributed by atoms with van der Waals surface area (Å²) in [5.41, 5.74) is 11.1. The predicted molar refractivity (Wildman–Crippen MR) is 185 cm³/mol. The number of benzene rings is 2. The van der Waals surface area contributed by atoms with Crippen LogP contribution in [0.4, 0.5) is 4.79 Å². The molecule has 4 aromatic rings. The zero-order valence-corrected chi connectivity index (χ0v) is 28.4. The van der Waals surface area contributed by atoms with Crippen LogP contribution in [0, 0.1) is 11.8 Å². The number of likely N-dealkylation sites (tertiary alicyclic amines) is 2. The molecular formula is C36H42N8O6. The first kappa shape index (κ1) is 34.6. The van der Waals surface area contributed by atoms with Crippen LogP contribution < -0.4 is 11.1 Å². The highest BCUT2D eigenvalue weighted by atomic mass is 16.5. The molecule has 0 unspecified atom stereocenters. The summed E-state index contributed by atoms with van der Waals surface area (Å²) in [6.07, 6.45) is 4.37. The largest absolute Gasteiger partial charge is 0.453 e. The number of H-pyrrole nitrogens is 2. The van der Waals surface area contributed by atoms with E-state index in [1.54, 1.807) is 16.0 Å². The highest BCUT2D eigenvalue weighted by molar-refractivity contribution is 5.86. The number of alkyl carbamates (subject to hydrolysis) is 1. The number of aromatic amines is 2. The van der Waals surface area contributed by atoms with Crippen LogP contribution in [0.15, 0.2) is 48.7 Å². The molecule has 2 saturated heterocycles. The predicted octanol–water partition coefficient (Wildman–Crippen LogP) is 3.02. The Morgan fingerprint density at radius 2 is 1.56 bits per heavy atom. The minimum atomic E-state index is -0.864. The van der Waals surface area contributed by atoms with E-state index in [0.717, 1.165) is 64.9 Å². The molecule has 5 N–H and O–H groups in total. The van der Waals surface area contributed by atoms with Crippen molar-refractivity contribution >= 4 is 28.9 Å². The molecule has 0 saturated carbocycles. The van der Waals surface area contributed by atoms with E-state index in [2.05, 4.69) is 36.8 Å². The van der Waals surface area contributed by atoms with Crippen molar-refractivity contribution in [3.8, 4) is 23.1 Å². The Hall–Kier alpha value is -5.23. The lowest BCUT2D eigenvalue weighted by atomic mass is 10.1. The lowest BCUT2D eigenvalue weighted by Gasteiger charge is -2.27. The molecule has 0 bridgehead atoms. The van der Waals surface area contributed by atoms with Gasteiger partial charge in [-0.25, -0.2) is 14.8 Å². The minimum absolute atomic E-state index is 0.0283. The average molecular weight is 683 g/mol. The Balaban J connectivity index is 1.12. The van der Waals surface area contributed by atoms with Crippen LogP contribution in [-0.2, 0) is 23.8 Å². The second kappa shape index (κ2) is 15.5. The van der Waals surface area contributed by atoms with Gasteiger partial charge in [-0.2, -0.15) is 0 Å². The van der Waals surface area contributed by atoms with E-state index < -0.39 is 18.2 Å². The Morgan fingerprint density at radius 1 is 0.900 bits per heavy atom. The summed E-state index contributed by atoms with van der Waals surface area (Å²) >= 11 is 0. The maximum Gasteiger partial charge on any atom is 0.407 e. The second-order valence-corrected chi connectivity index (χ2v) is 12.4. The van der Waals surface area contributed by atoms with E-state index >= 15 is 0 Å². The standard InChI is InChI=1S/C36H42N8O6/c1-48-20-25(37)34(45)43-16-4-6-30(43)32-38-19-28(41-32)24-13-10-22(11-14-24)8-9-23-12-15-26-27(18-23)40-33(39-26)31-7-5-17-44(31)35(46)29(21-49-2)42-36(47)50-3/h10-15,18-19,25,29-31H,4-7,16-17,20-21,37H2,1-3H3,(H,38,41)(H,39,40)(H,42,47)/t25-,29-,30-,31-/m0/s1. The molecule has 14 heteroatoms. The number of carbonyl (C=O) groups excluding carboxylic acids is 3. The molecule has 4 heterocycles. The number of rotatable bonds is 10. The van der Waals surface area contributed by atoms with Gasteiger partial charge in [-0.1, -0.05) is 24.0 Å². The molecule has 262 valence electrons. The van der Waals surface area contributed by atoms with Gasteiger partial charge in [0.2, 0.25) is 11.8 Å². The molecule has 2 aromatic heterocycles. The highest BCUT2D eigenvalue weighted by Crippen LogP contribution is 2.33. The lowest BCUT2D eigenvalue weighted by Crippen LogP contribution is -2.50. The van der Waals surface area contributed by atoms with Crippen molar-refractivity contribution in [2.45, 2.75) is 49.9 Å². The number of methoxy groups -OCH3 is 3. The molecule has 50 heavy (non-hydrogen) atoms. The summed E-state index contributed by atoms with van der Waals surface area (Å²) in [5, 5.41) is 2.57. The van der Waals surface area contributed by atoms with Crippen LogP contribution in [0.5, 0.6) is 0 Å². The summed E-state index contributed by atoms with van der Waals surface area (Å²) in [6, 6.07) is 11.7. The average Bonchev–Trinajstić information content (AvgIpc) is 3.96. The van der Waals surface area contributed by atoms with Crippen LogP contribution in [0.1, 0.15) is 60.5 Å². The van der Waals surface area contributed by atoms with Crippen molar-refractivity contribution < 1.29 is 28.6 Å². The molecule has 2 aliphatic rings. The maximum absolute atomic E-state index is 13.4. The Morgan fingerprint density at radius 3 is 2.26 bits per heavy atom. The third kappa shape index (κ3) is 7.50. The number of aromatic nitrogens is 4. The molecule has 4 atom stereocenters. The van der Waals surface area contributed by atoms with E-state index in [0.29, 0.717) is 18.9 Å². The topological polar surface area (TPSA) is 181 Å². The quantitative estimate of drug-likeness (QED) is 0.183. The number of imidazole rings is 2. The SMILES string of the molecule is COC[C@H](NC(=O)OC)C(=O)N1CCC[C@H]1c1nc2ccc(C#Cc3ccc(-c4cnc([C@@H]5CCCN5C(=O)[C@@H](N)COC)[nH]4)cc3)cc2[nH]1. The Labute approximate surface area is 290 Å². The maximum atomic E-state index is 13.4. The van der Waals surface area contributed by atoms with Crippen molar-refractivity contribution in [2.24, 2.45) is 5.73 Å². The first-order chi connectivity index (χ1) is 24.3. The van der Waals surface area contributed by atoms with Crippen LogP contribution in [0.3, 0.4) is 0 Å². The molecule has 2 fully saturated rings. The van der Waals surface area contributed by atoms with Crippen molar-refractivity contribution in [3.63, 3.8) is 0 Å². The summed E-state index contributed by atoms with van der Waals surface area (Å²) in [7, 11) is 4.26. The van der Waals surface area contributed by atoms with Crippen LogP contribution >= 0.6 is 0 Å². The fourth-order valence-electron chi connectivity index (χ4n) is 6.63. The summed E-state index contributed by atoms with van der Waals surface area (Å²) < 4.78 is 14.9. The Kier molecular flexibility index (Phi) is 10.8. The zero-order valence-electron chi connectivity index (χ0n) is 28.4. The van der Waals surface area contributed by atoms with E-state index in [9.17, 15) is 14.4 Å². The molecule has 2 aromatic carbocycles. The molecule has 0 spiro atoms. The van der Waals surface area contributed by atoms with Crippen molar-refractivity contribution in [3.05, 3.63) is 71.4 Å². The van der Waals surface area contributed by atoms with Gasteiger partial charge in [0.05, 0.1) is 55.3 Å². The normalized spacial score (nSPS) is 18.5. The molecule has 0 aliphatic carbocycles. The van der Waals surface area contributed by atoms with Gasteiger partial charge in [-0.3, -0.25) is 9.59 Å². The van der Waals surface area contributed by atoms with Gasteiger partial charge in [-0.15, -0.1) is 0 Å². The second-order valence-electron chi connectivity index (χ2n) is 12.4. The number of ether oxygens (including phenoxy) is 3. The van der Waals surface area contributed by atoms with Crippen LogP contribution in [0.2, 0.25) is 0 Å². The number of fused-ring (bicyclic) bond motifs is 1. The number of nitrogens with two attached hydrogens (primary N) is 1. The monoisotopic (exact) mass is 682 g/mol. The summed E-state index contributed by atoms with van der Waals surface area (Å²) in [5.74, 6) is 7.53. The molecule has 14 nitrogen and oxygen atoms in total. The van der Waals surface area contributed by atoms with Gasteiger partial charge in [-0.05, 0) is 61.6 Å². The highest BCUT2D eigenvalue weighted by Gasteiger charge is 2.37. The molecule has 6 rings (SSSR count). The first-order valence-electron chi connectivity index (χ1n) is 16.7. The zero-order chi connectivity index (χ0) is 35.2. The third-order valence-corrected chi connectivity index (χ3v) is 9.12. The van der Waals surface area contributed by atoms with E-state index in [1.807, 2.05) is 42.5 Å². The number of nitrogens with zero attached hydrogens (tertiary/aromatic N) is 4. The van der Waals surface area contributed by atoms with E-state index in [1.165, 1.54) is 21.3 Å². The van der Waals surface area contributed by atoms with Gasteiger partial charge in [0.1, 0.15) is 23.7 Å². The number of hydrogen-bond acceptors (Lipinski definition) is 9. The van der Waals surface area contributed by atoms with E-state index in [4.69, 9.17) is 20.2 Å². The summed E-state index contributed by atoms with van der Waals surface area (Å²) in [6.45, 7) is 1.40. The van der Waals surface area contributed by atoms with Gasteiger partial charge in [0.15, 0.2) is 0 Å². The van der Waals surface area contributed by atoms with Gasteiger partial charge < -0.3 is 45.0 Å². The Bertz CT molecular complexity index is 1890. The molecule has 3 amide bonds. The lowest BCUT2D eigenvalue weighted by molar-refractivity contribution is -0.136. The van der Waals surface area contributed by atoms with E-state index in [-0.39, 0.29) is 37.1 Å². The van der Waals surface area contributed by atoms with Crippen molar-refractivity contribution in [1.82, 2.24) is 35.1 Å². The van der Waals surface area contributed by atoms with Gasteiger partial charge in [0.25, 0.3) is 0 Å². The molecule has 2 aliphatic heterocycles. The number of nitrogens with one attached hydrogen (secondary N) is 3.